The van der Waals surface area contributed by atoms with Crippen LogP contribution in [0.3, 0.4) is 0 Å². The largest absolute Gasteiger partial charge is 0.481 e. The number of carbonyl (C=O) groups excluding carboxylic acids is 1. The molecule has 1 aliphatic heterocycles. The maximum Gasteiger partial charge on any atom is 0.321 e. The van der Waals surface area contributed by atoms with Gasteiger partial charge in [-0.2, -0.15) is 0 Å². The van der Waals surface area contributed by atoms with Gasteiger partial charge in [0.05, 0.1) is 11.1 Å². The molecular formula is C16H20N2O3S. The first-order chi connectivity index (χ1) is 10.6. The summed E-state index contributed by atoms with van der Waals surface area (Å²) in [4.78, 5) is 26.8. The molecule has 2 aliphatic rings. The molecule has 1 aromatic carbocycles. The van der Waals surface area contributed by atoms with Crippen molar-refractivity contribution in [3.8, 4) is 0 Å². The average molecular weight is 320 g/mol. The van der Waals surface area contributed by atoms with E-state index in [4.69, 9.17) is 0 Å². The quantitative estimate of drug-likeness (QED) is 0.840. The Kier molecular flexibility index (Phi) is 4.04. The van der Waals surface area contributed by atoms with E-state index in [1.807, 2.05) is 30.5 Å². The minimum atomic E-state index is -0.755. The lowest BCUT2D eigenvalue weighted by atomic mass is 9.81. The van der Waals surface area contributed by atoms with E-state index in [1.165, 1.54) is 0 Å². The third kappa shape index (κ3) is 2.45. The number of nitrogens with one attached hydrogen (secondary N) is 1. The molecule has 118 valence electrons. The number of carboxylic acid groups (broad SMARTS) is 1. The molecule has 1 heterocycles. The van der Waals surface area contributed by atoms with Crippen LogP contribution in [-0.4, -0.2) is 41.4 Å². The highest BCUT2D eigenvalue weighted by molar-refractivity contribution is 7.98. The van der Waals surface area contributed by atoms with Gasteiger partial charge in [0.1, 0.15) is 0 Å². The van der Waals surface area contributed by atoms with E-state index in [1.54, 1.807) is 16.7 Å². The van der Waals surface area contributed by atoms with Crippen LogP contribution in [-0.2, 0) is 4.79 Å². The van der Waals surface area contributed by atoms with E-state index in [0.717, 1.165) is 23.4 Å². The smallest absolute Gasteiger partial charge is 0.321 e. The minimum absolute atomic E-state index is 0.0894. The maximum atomic E-state index is 12.5. The standard InChI is InChI=1S/C16H20N2O3S/c1-22-13-7-3-2-6-12(13)17-15(21)18-9-11-5-4-8-16(11,10-18)14(19)20/h2-3,6-7,11H,4-5,8-10H2,1H3,(H,17,21)(H,19,20)/t11-,16+/m0/s1. The molecule has 22 heavy (non-hydrogen) atoms. The maximum absolute atomic E-state index is 12.5. The number of benzene rings is 1. The van der Waals surface area contributed by atoms with Crippen molar-refractivity contribution in [3.05, 3.63) is 24.3 Å². The van der Waals surface area contributed by atoms with Crippen molar-refractivity contribution in [2.75, 3.05) is 24.7 Å². The van der Waals surface area contributed by atoms with Crippen molar-refractivity contribution >= 4 is 29.4 Å². The van der Waals surface area contributed by atoms with E-state index in [9.17, 15) is 14.7 Å². The number of urea groups is 1. The summed E-state index contributed by atoms with van der Waals surface area (Å²) in [5.41, 5.74) is 0.0533. The van der Waals surface area contributed by atoms with E-state index in [2.05, 4.69) is 5.32 Å². The van der Waals surface area contributed by atoms with E-state index in [-0.39, 0.29) is 11.9 Å². The fourth-order valence-electron chi connectivity index (χ4n) is 3.74. The lowest BCUT2D eigenvalue weighted by molar-refractivity contribution is -0.149. The van der Waals surface area contributed by atoms with Crippen LogP contribution in [0.15, 0.2) is 29.2 Å². The monoisotopic (exact) mass is 320 g/mol. The molecule has 0 aromatic heterocycles. The molecule has 2 fully saturated rings. The first-order valence-corrected chi connectivity index (χ1v) is 8.71. The number of aliphatic carboxylic acids is 1. The molecule has 0 spiro atoms. The molecule has 2 N–H and O–H groups in total. The van der Waals surface area contributed by atoms with Crippen LogP contribution in [0.1, 0.15) is 19.3 Å². The van der Waals surface area contributed by atoms with Crippen molar-refractivity contribution in [1.82, 2.24) is 4.90 Å². The number of rotatable bonds is 3. The Morgan fingerprint density at radius 3 is 2.86 bits per heavy atom. The average Bonchev–Trinajstić information content (AvgIpc) is 3.05. The number of hydrogen-bond donors (Lipinski definition) is 2. The van der Waals surface area contributed by atoms with Gasteiger partial charge in [-0.3, -0.25) is 4.79 Å². The fraction of sp³-hybridized carbons (Fsp3) is 0.500. The molecule has 3 rings (SSSR count). The molecular weight excluding hydrogens is 300 g/mol. The zero-order valence-corrected chi connectivity index (χ0v) is 13.4. The molecule has 0 bridgehead atoms. The van der Waals surface area contributed by atoms with Crippen LogP contribution in [0.4, 0.5) is 10.5 Å². The molecule has 2 amide bonds. The summed E-state index contributed by atoms with van der Waals surface area (Å²) in [6.07, 6.45) is 4.49. The summed E-state index contributed by atoms with van der Waals surface area (Å²) < 4.78 is 0. The van der Waals surface area contributed by atoms with Gasteiger partial charge in [-0.1, -0.05) is 18.6 Å². The highest BCUT2D eigenvalue weighted by Crippen LogP contribution is 2.49. The predicted octanol–water partition coefficient (Wildman–Crippen LogP) is 3.13. The Hall–Kier alpha value is -1.69. The van der Waals surface area contributed by atoms with Crippen LogP contribution in [0.5, 0.6) is 0 Å². The van der Waals surface area contributed by atoms with Gasteiger partial charge in [0.25, 0.3) is 0 Å². The Balaban J connectivity index is 1.73. The zero-order valence-electron chi connectivity index (χ0n) is 12.5. The summed E-state index contributed by atoms with van der Waals surface area (Å²) in [5.74, 6) is -0.665. The van der Waals surface area contributed by atoms with Gasteiger partial charge in [-0.15, -0.1) is 11.8 Å². The topological polar surface area (TPSA) is 69.6 Å². The van der Waals surface area contributed by atoms with Crippen molar-refractivity contribution < 1.29 is 14.7 Å². The summed E-state index contributed by atoms with van der Waals surface area (Å²) in [6, 6.07) is 7.44. The van der Waals surface area contributed by atoms with Crippen LogP contribution in [0.25, 0.3) is 0 Å². The minimum Gasteiger partial charge on any atom is -0.481 e. The second-order valence-corrected chi connectivity index (χ2v) is 6.91. The number of carboxylic acids is 1. The Morgan fingerprint density at radius 2 is 2.18 bits per heavy atom. The van der Waals surface area contributed by atoms with Crippen LogP contribution < -0.4 is 5.32 Å². The number of para-hydroxylation sites is 1. The van der Waals surface area contributed by atoms with Crippen LogP contribution in [0.2, 0.25) is 0 Å². The van der Waals surface area contributed by atoms with Crippen molar-refractivity contribution in [1.29, 1.82) is 0 Å². The molecule has 1 saturated heterocycles. The fourth-order valence-corrected chi connectivity index (χ4v) is 4.29. The highest BCUT2D eigenvalue weighted by atomic mass is 32.2. The van der Waals surface area contributed by atoms with Crippen molar-refractivity contribution in [2.45, 2.75) is 24.2 Å². The molecule has 6 heteroatoms. The van der Waals surface area contributed by atoms with Gasteiger partial charge < -0.3 is 15.3 Å². The number of carbonyl (C=O) groups is 2. The lowest BCUT2D eigenvalue weighted by Crippen LogP contribution is -2.38. The summed E-state index contributed by atoms with van der Waals surface area (Å²) in [5, 5.41) is 12.5. The van der Waals surface area contributed by atoms with Crippen molar-refractivity contribution in [2.24, 2.45) is 11.3 Å². The number of likely N-dealkylation sites (tertiary alicyclic amines) is 1. The molecule has 1 saturated carbocycles. The SMILES string of the molecule is CSc1ccccc1NC(=O)N1C[C@@H]2CCC[C@@]2(C(=O)O)C1. The predicted molar refractivity (Wildman–Crippen MR) is 86.2 cm³/mol. The number of anilines is 1. The normalized spacial score (nSPS) is 26.8. The van der Waals surface area contributed by atoms with Gasteiger partial charge in [-0.05, 0) is 37.1 Å². The van der Waals surface area contributed by atoms with Crippen LogP contribution in [0, 0.1) is 11.3 Å². The summed E-state index contributed by atoms with van der Waals surface area (Å²) in [7, 11) is 0. The second kappa shape index (κ2) is 5.83. The second-order valence-electron chi connectivity index (χ2n) is 6.06. The molecule has 5 nitrogen and oxygen atoms in total. The Labute approximate surface area is 134 Å². The summed E-state index contributed by atoms with van der Waals surface area (Å²) in [6.45, 7) is 0.861. The van der Waals surface area contributed by atoms with E-state index < -0.39 is 11.4 Å². The summed E-state index contributed by atoms with van der Waals surface area (Å²) >= 11 is 1.57. The van der Waals surface area contributed by atoms with Crippen molar-refractivity contribution in [3.63, 3.8) is 0 Å². The number of amides is 2. The Morgan fingerprint density at radius 1 is 1.41 bits per heavy atom. The molecule has 0 unspecified atom stereocenters. The third-order valence-electron chi connectivity index (χ3n) is 4.93. The third-order valence-corrected chi connectivity index (χ3v) is 5.73. The van der Waals surface area contributed by atoms with Gasteiger partial charge in [0.2, 0.25) is 0 Å². The van der Waals surface area contributed by atoms with Crippen LogP contribution >= 0.6 is 11.8 Å². The van der Waals surface area contributed by atoms with E-state index >= 15 is 0 Å². The lowest BCUT2D eigenvalue weighted by Gasteiger charge is -2.23. The molecule has 0 radical (unpaired) electrons. The van der Waals surface area contributed by atoms with Gasteiger partial charge in [-0.25, -0.2) is 4.79 Å². The molecule has 1 aromatic rings. The first-order valence-electron chi connectivity index (χ1n) is 7.49. The number of fused-ring (bicyclic) bond motifs is 1. The molecule has 1 aliphatic carbocycles. The van der Waals surface area contributed by atoms with E-state index in [0.29, 0.717) is 19.5 Å². The van der Waals surface area contributed by atoms with Gasteiger partial charge in [0.15, 0.2) is 0 Å². The number of thioether (sulfide) groups is 1. The molecule has 2 atom stereocenters. The first kappa shape index (κ1) is 15.2. The van der Waals surface area contributed by atoms with Gasteiger partial charge >= 0.3 is 12.0 Å². The Bertz CT molecular complexity index is 607. The highest BCUT2D eigenvalue weighted by Gasteiger charge is 2.55. The zero-order chi connectivity index (χ0) is 15.7. The number of hydrogen-bond acceptors (Lipinski definition) is 3. The number of nitrogens with zero attached hydrogens (tertiary/aromatic N) is 1. The van der Waals surface area contributed by atoms with Gasteiger partial charge in [0, 0.05) is 18.0 Å².